The van der Waals surface area contributed by atoms with Crippen molar-refractivity contribution in [2.75, 3.05) is 0 Å². The van der Waals surface area contributed by atoms with Gasteiger partial charge in [0.2, 0.25) is 0 Å². The molecule has 0 heterocycles. The molecular formula is C14H24O. The van der Waals surface area contributed by atoms with Crippen molar-refractivity contribution in [2.24, 2.45) is 17.8 Å². The van der Waals surface area contributed by atoms with E-state index in [-0.39, 0.29) is 6.10 Å². The van der Waals surface area contributed by atoms with Crippen LogP contribution < -0.4 is 0 Å². The third-order valence-corrected chi connectivity index (χ3v) is 4.17. The summed E-state index contributed by atoms with van der Waals surface area (Å²) in [6.07, 6.45) is 13.4. The molecule has 0 aromatic heterocycles. The van der Waals surface area contributed by atoms with Crippen molar-refractivity contribution < 1.29 is 5.11 Å². The fourth-order valence-corrected chi connectivity index (χ4v) is 3.20. The van der Waals surface area contributed by atoms with Crippen LogP contribution in [-0.4, -0.2) is 11.2 Å². The van der Waals surface area contributed by atoms with Crippen molar-refractivity contribution in [2.45, 2.75) is 58.0 Å². The number of aliphatic hydroxyl groups is 1. The molecule has 1 N–H and O–H groups in total. The second-order valence-electron chi connectivity index (χ2n) is 5.56. The Hall–Kier alpha value is -0.300. The van der Waals surface area contributed by atoms with Gasteiger partial charge in [-0.2, -0.15) is 0 Å². The Kier molecular flexibility index (Phi) is 3.85. The smallest absolute Gasteiger partial charge is 0.0631 e. The highest BCUT2D eigenvalue weighted by molar-refractivity contribution is 4.99. The molecule has 0 unspecified atom stereocenters. The fourth-order valence-electron chi connectivity index (χ4n) is 3.20. The summed E-state index contributed by atoms with van der Waals surface area (Å²) in [5.74, 6) is 1.79. The molecule has 1 nitrogen and oxygen atoms in total. The van der Waals surface area contributed by atoms with Crippen LogP contribution in [0.5, 0.6) is 0 Å². The van der Waals surface area contributed by atoms with E-state index in [4.69, 9.17) is 0 Å². The van der Waals surface area contributed by atoms with Crippen molar-refractivity contribution in [1.29, 1.82) is 0 Å². The van der Waals surface area contributed by atoms with Crippen LogP contribution in [-0.2, 0) is 0 Å². The van der Waals surface area contributed by atoms with Gasteiger partial charge in [0.1, 0.15) is 0 Å². The van der Waals surface area contributed by atoms with Crippen LogP contribution in [0.4, 0.5) is 0 Å². The summed E-state index contributed by atoms with van der Waals surface area (Å²) in [5.41, 5.74) is 0. The Bertz CT molecular complexity index is 215. The Morgan fingerprint density at radius 2 is 1.93 bits per heavy atom. The molecule has 0 saturated heterocycles. The van der Waals surface area contributed by atoms with E-state index in [2.05, 4.69) is 19.1 Å². The minimum atomic E-state index is -0.0655. The molecule has 1 saturated carbocycles. The molecule has 0 bridgehead atoms. The van der Waals surface area contributed by atoms with Crippen LogP contribution in [0.25, 0.3) is 0 Å². The first kappa shape index (κ1) is 11.2. The molecule has 2 aliphatic carbocycles. The Morgan fingerprint density at radius 3 is 2.60 bits per heavy atom. The van der Waals surface area contributed by atoms with E-state index >= 15 is 0 Å². The predicted molar refractivity (Wildman–Crippen MR) is 63.6 cm³/mol. The molecule has 0 aromatic rings. The number of allylic oxidation sites excluding steroid dienone is 1. The zero-order valence-electron chi connectivity index (χ0n) is 9.86. The molecule has 2 aliphatic rings. The summed E-state index contributed by atoms with van der Waals surface area (Å²) >= 11 is 0. The molecule has 1 heteroatoms. The topological polar surface area (TPSA) is 20.2 Å². The highest BCUT2D eigenvalue weighted by atomic mass is 16.3. The van der Waals surface area contributed by atoms with E-state index in [1.807, 2.05) is 0 Å². The van der Waals surface area contributed by atoms with Gasteiger partial charge in [0.25, 0.3) is 0 Å². The molecule has 0 aliphatic heterocycles. The van der Waals surface area contributed by atoms with Gasteiger partial charge in [0.15, 0.2) is 0 Å². The highest BCUT2D eigenvalue weighted by Crippen LogP contribution is 2.34. The third kappa shape index (κ3) is 2.84. The van der Waals surface area contributed by atoms with Crippen LogP contribution >= 0.6 is 0 Å². The lowest BCUT2D eigenvalue weighted by molar-refractivity contribution is 0.0401. The molecule has 2 rings (SSSR count). The summed E-state index contributed by atoms with van der Waals surface area (Å²) in [6, 6.07) is 0. The van der Waals surface area contributed by atoms with E-state index in [0.717, 1.165) is 5.92 Å². The van der Waals surface area contributed by atoms with Gasteiger partial charge in [-0.15, -0.1) is 0 Å². The van der Waals surface area contributed by atoms with Gasteiger partial charge in [-0.05, 0) is 37.5 Å². The van der Waals surface area contributed by atoms with Gasteiger partial charge in [-0.1, -0.05) is 38.3 Å². The summed E-state index contributed by atoms with van der Waals surface area (Å²) < 4.78 is 0. The van der Waals surface area contributed by atoms with Crippen molar-refractivity contribution in [3.63, 3.8) is 0 Å². The van der Waals surface area contributed by atoms with Gasteiger partial charge in [0, 0.05) is 5.92 Å². The molecule has 86 valence electrons. The zero-order valence-corrected chi connectivity index (χ0v) is 9.86. The Balaban J connectivity index is 1.91. The van der Waals surface area contributed by atoms with Crippen molar-refractivity contribution in [3.05, 3.63) is 12.2 Å². The lowest BCUT2D eigenvalue weighted by atomic mass is 9.76. The van der Waals surface area contributed by atoms with Gasteiger partial charge < -0.3 is 5.11 Å². The third-order valence-electron chi connectivity index (χ3n) is 4.17. The molecule has 0 amide bonds. The number of rotatable bonds is 2. The molecule has 15 heavy (non-hydrogen) atoms. The van der Waals surface area contributed by atoms with Gasteiger partial charge in [-0.25, -0.2) is 0 Å². The fraction of sp³-hybridized carbons (Fsp3) is 0.857. The molecular weight excluding hydrogens is 184 g/mol. The molecule has 0 radical (unpaired) electrons. The molecule has 0 spiro atoms. The maximum absolute atomic E-state index is 10.4. The number of hydrogen-bond acceptors (Lipinski definition) is 1. The second-order valence-corrected chi connectivity index (χ2v) is 5.56. The van der Waals surface area contributed by atoms with Gasteiger partial charge in [0.05, 0.1) is 6.10 Å². The molecule has 3 atom stereocenters. The first-order chi connectivity index (χ1) is 7.27. The largest absolute Gasteiger partial charge is 0.392 e. The predicted octanol–water partition coefficient (Wildman–Crippen LogP) is 3.53. The van der Waals surface area contributed by atoms with Gasteiger partial charge in [-0.3, -0.25) is 0 Å². The summed E-state index contributed by atoms with van der Waals surface area (Å²) in [7, 11) is 0. The van der Waals surface area contributed by atoms with E-state index in [1.54, 1.807) is 0 Å². The summed E-state index contributed by atoms with van der Waals surface area (Å²) in [6.45, 7) is 2.30. The average Bonchev–Trinajstić information content (AvgIpc) is 2.29. The van der Waals surface area contributed by atoms with Crippen LogP contribution in [0.15, 0.2) is 12.2 Å². The maximum Gasteiger partial charge on any atom is 0.0631 e. The first-order valence-electron chi connectivity index (χ1n) is 6.62. The summed E-state index contributed by atoms with van der Waals surface area (Å²) in [5, 5.41) is 10.4. The van der Waals surface area contributed by atoms with Crippen molar-refractivity contribution in [3.8, 4) is 0 Å². The minimum Gasteiger partial charge on any atom is -0.392 e. The minimum absolute atomic E-state index is 0.0655. The molecule has 1 fully saturated rings. The van der Waals surface area contributed by atoms with Crippen LogP contribution in [0.3, 0.4) is 0 Å². The van der Waals surface area contributed by atoms with E-state index in [9.17, 15) is 5.11 Å². The maximum atomic E-state index is 10.4. The molecule has 0 aromatic carbocycles. The standard InChI is InChI=1S/C14H24O/c1-11-6-5-9-13(10-11)14(15)12-7-3-2-4-8-12/h5,9,11-15H,2-4,6-8,10H2,1H3/t11-,13+,14-/m0/s1. The summed E-state index contributed by atoms with van der Waals surface area (Å²) in [4.78, 5) is 0. The lowest BCUT2D eigenvalue weighted by Gasteiger charge is -2.33. The normalized spacial score (nSPS) is 35.3. The SMILES string of the molecule is C[C@H]1CC=C[C@@H]([C@@H](O)C2CCCCC2)C1. The van der Waals surface area contributed by atoms with E-state index in [0.29, 0.717) is 11.8 Å². The van der Waals surface area contributed by atoms with Crippen molar-refractivity contribution in [1.82, 2.24) is 0 Å². The Labute approximate surface area is 93.6 Å². The number of aliphatic hydroxyl groups excluding tert-OH is 1. The van der Waals surface area contributed by atoms with Crippen LogP contribution in [0, 0.1) is 17.8 Å². The average molecular weight is 208 g/mol. The number of hydrogen-bond donors (Lipinski definition) is 1. The first-order valence-corrected chi connectivity index (χ1v) is 6.62. The lowest BCUT2D eigenvalue weighted by Crippen LogP contribution is -2.31. The van der Waals surface area contributed by atoms with Gasteiger partial charge >= 0.3 is 0 Å². The van der Waals surface area contributed by atoms with E-state index in [1.165, 1.54) is 44.9 Å². The zero-order chi connectivity index (χ0) is 10.7. The highest BCUT2D eigenvalue weighted by Gasteiger charge is 2.29. The monoisotopic (exact) mass is 208 g/mol. The Morgan fingerprint density at radius 1 is 1.20 bits per heavy atom. The van der Waals surface area contributed by atoms with Crippen LogP contribution in [0.1, 0.15) is 51.9 Å². The van der Waals surface area contributed by atoms with E-state index < -0.39 is 0 Å². The second kappa shape index (κ2) is 5.16. The van der Waals surface area contributed by atoms with Crippen LogP contribution in [0.2, 0.25) is 0 Å². The quantitative estimate of drug-likeness (QED) is 0.688. The van der Waals surface area contributed by atoms with Crippen molar-refractivity contribution >= 4 is 0 Å².